The fraction of sp³-hybridized carbons (Fsp3) is 0.745. The first-order valence-corrected chi connectivity index (χ1v) is 23.9. The second-order valence-electron chi connectivity index (χ2n) is 19.6. The van der Waals surface area contributed by atoms with Crippen molar-refractivity contribution in [2.24, 2.45) is 35.5 Å². The van der Waals surface area contributed by atoms with Gasteiger partial charge < -0.3 is 43.9 Å². The summed E-state index contributed by atoms with van der Waals surface area (Å²) in [5.74, 6) is -7.96. The molecule has 3 fully saturated rings. The van der Waals surface area contributed by atoms with Gasteiger partial charge in [0.2, 0.25) is 5.79 Å². The molecule has 0 spiro atoms. The van der Waals surface area contributed by atoms with Crippen LogP contribution in [0.3, 0.4) is 0 Å². The number of piperidine rings is 1. The Morgan fingerprint density at radius 2 is 1.57 bits per heavy atom. The molecule has 366 valence electrons. The fourth-order valence-corrected chi connectivity index (χ4v) is 10.1. The van der Waals surface area contributed by atoms with Crippen molar-refractivity contribution in [3.63, 3.8) is 0 Å². The molecule has 14 nitrogen and oxygen atoms in total. The second-order valence-corrected chi connectivity index (χ2v) is 19.6. The number of fused-ring (bicyclic) bond motifs is 3. The van der Waals surface area contributed by atoms with Gasteiger partial charge in [0.25, 0.3) is 11.7 Å². The zero-order valence-corrected chi connectivity index (χ0v) is 40.6. The molecule has 3 aliphatic heterocycles. The smallest absolute Gasteiger partial charge is 0.329 e. The standard InChI is InChI=1S/C51H79NO13/c1-30-16-12-11-13-17-31(2)42(61-8)28-38-21-19-36(7)51(60,65-38)48(57)49(58)52-23-15-14-18-39(52)50(59)64-43(33(4)26-37-20-22-40(53)44(27-37)62-9)29-41(54)32(3)25-35(6)46(56)47(63-10)45(55)34(5)24-30/h11-13,16-17,25,30,32-34,36-40,42-44,46-47,53,56,60H,14-15,18-24,26-29H2,1-10H3/b13-11-,16-12-,31-17-,35-25+/t30-,32-,33-,34-,36-,37+,38+,39+,40-,42+,43+,44-,46-,47+,51-/m1/s1. The van der Waals surface area contributed by atoms with Crippen molar-refractivity contribution in [1.29, 1.82) is 0 Å². The van der Waals surface area contributed by atoms with E-state index in [2.05, 4.69) is 0 Å². The monoisotopic (exact) mass is 914 g/mol. The van der Waals surface area contributed by atoms with Crippen LogP contribution in [0.4, 0.5) is 0 Å². The van der Waals surface area contributed by atoms with Gasteiger partial charge in [0, 0.05) is 58.5 Å². The zero-order chi connectivity index (χ0) is 48.2. The number of rotatable bonds is 6. The predicted molar refractivity (Wildman–Crippen MR) is 245 cm³/mol. The number of Topliss-reactive ketones (excluding diaryl/α,β-unsaturated/α-hetero) is 3. The lowest BCUT2D eigenvalue weighted by Gasteiger charge is -2.42. The fourth-order valence-electron chi connectivity index (χ4n) is 10.1. The van der Waals surface area contributed by atoms with Gasteiger partial charge in [0.15, 0.2) is 5.78 Å². The van der Waals surface area contributed by atoms with Gasteiger partial charge in [-0.2, -0.15) is 0 Å². The molecule has 1 saturated carbocycles. The molecule has 2 bridgehead atoms. The van der Waals surface area contributed by atoms with Crippen LogP contribution in [0.1, 0.15) is 126 Å². The van der Waals surface area contributed by atoms with E-state index in [9.17, 15) is 39.3 Å². The van der Waals surface area contributed by atoms with Crippen LogP contribution in [-0.2, 0) is 47.7 Å². The number of ether oxygens (including phenoxy) is 5. The summed E-state index contributed by atoms with van der Waals surface area (Å²) >= 11 is 0. The van der Waals surface area contributed by atoms with Crippen molar-refractivity contribution in [3.05, 3.63) is 47.6 Å². The van der Waals surface area contributed by atoms with Crippen molar-refractivity contribution >= 4 is 29.2 Å². The van der Waals surface area contributed by atoms with Crippen LogP contribution >= 0.6 is 0 Å². The summed E-state index contributed by atoms with van der Waals surface area (Å²) in [7, 11) is 4.52. The van der Waals surface area contributed by atoms with E-state index < -0.39 is 83.9 Å². The second kappa shape index (κ2) is 25.1. The number of nitrogens with zero attached hydrogens (tertiary/aromatic N) is 1. The Morgan fingerprint density at radius 1 is 0.846 bits per heavy atom. The maximum Gasteiger partial charge on any atom is 0.329 e. The molecule has 0 aromatic heterocycles. The molecule has 0 unspecified atom stereocenters. The Kier molecular flexibility index (Phi) is 21.0. The molecule has 65 heavy (non-hydrogen) atoms. The van der Waals surface area contributed by atoms with E-state index in [-0.39, 0.29) is 54.8 Å². The van der Waals surface area contributed by atoms with Crippen molar-refractivity contribution in [2.75, 3.05) is 27.9 Å². The van der Waals surface area contributed by atoms with Crippen molar-refractivity contribution in [1.82, 2.24) is 4.90 Å². The van der Waals surface area contributed by atoms with E-state index in [4.69, 9.17) is 23.7 Å². The molecule has 0 aromatic rings. The topological polar surface area (TPSA) is 195 Å². The number of ketones is 3. The largest absolute Gasteiger partial charge is 0.460 e. The molecule has 4 aliphatic rings. The van der Waals surface area contributed by atoms with Gasteiger partial charge in [-0.3, -0.25) is 19.2 Å². The highest BCUT2D eigenvalue weighted by Crippen LogP contribution is 2.38. The average Bonchev–Trinajstić information content (AvgIpc) is 3.28. The molecule has 3 N–H and O–H groups in total. The summed E-state index contributed by atoms with van der Waals surface area (Å²) in [5.41, 5.74) is 1.27. The van der Waals surface area contributed by atoms with Crippen molar-refractivity contribution in [3.8, 4) is 0 Å². The summed E-state index contributed by atoms with van der Waals surface area (Å²) in [6.07, 6.45) is 11.2. The van der Waals surface area contributed by atoms with Crippen LogP contribution < -0.4 is 0 Å². The molecular weight excluding hydrogens is 835 g/mol. The molecule has 1 aliphatic carbocycles. The summed E-state index contributed by atoms with van der Waals surface area (Å²) in [6.45, 7) is 12.7. The molecule has 3 heterocycles. The normalized spacial score (nSPS) is 40.4. The van der Waals surface area contributed by atoms with E-state index in [1.807, 2.05) is 58.1 Å². The number of aliphatic hydroxyl groups is 3. The minimum Gasteiger partial charge on any atom is -0.460 e. The molecule has 0 aromatic carbocycles. The molecule has 4 rings (SSSR count). The number of hydrogen-bond donors (Lipinski definition) is 3. The SMILES string of the molecule is CO[C@H]1C[C@@H]2CC[C@@H](C)[C@@](O)(O2)C(=O)C(=O)N2CCCC[C@H]2C(=O)O[C@H]([C@H](C)C[C@@H]2CC[C@@H](O)[C@H](OC)C2)CC(=O)[C@H](C)/C=C(\C)[C@@H](O)[C@@H](OC)C(=O)[C@H](C)C[C@H](C)\C=C/C=C\C=C/1C. The van der Waals surface area contributed by atoms with E-state index in [0.717, 1.165) is 12.0 Å². The van der Waals surface area contributed by atoms with Gasteiger partial charge in [0.05, 0.1) is 24.4 Å². The lowest BCUT2D eigenvalue weighted by Crippen LogP contribution is -2.61. The van der Waals surface area contributed by atoms with E-state index >= 15 is 0 Å². The Balaban J connectivity index is 1.70. The zero-order valence-electron chi connectivity index (χ0n) is 40.6. The lowest BCUT2D eigenvalue weighted by molar-refractivity contribution is -0.265. The summed E-state index contributed by atoms with van der Waals surface area (Å²) in [5, 5.41) is 33.8. The lowest BCUT2D eigenvalue weighted by atomic mass is 9.78. The third-order valence-electron chi connectivity index (χ3n) is 14.5. The maximum absolute atomic E-state index is 14.4. The number of carbonyl (C=O) groups is 5. The highest BCUT2D eigenvalue weighted by atomic mass is 16.6. The number of esters is 1. The summed E-state index contributed by atoms with van der Waals surface area (Å²) in [6, 6.07) is -1.14. The highest BCUT2D eigenvalue weighted by molar-refractivity contribution is 6.39. The Morgan fingerprint density at radius 3 is 2.25 bits per heavy atom. The maximum atomic E-state index is 14.4. The molecule has 0 radical (unpaired) electrons. The predicted octanol–water partition coefficient (Wildman–Crippen LogP) is 6.18. The van der Waals surface area contributed by atoms with Gasteiger partial charge in [0.1, 0.15) is 30.1 Å². The molecule has 1 amide bonds. The number of allylic oxidation sites excluding steroid dienone is 6. The van der Waals surface area contributed by atoms with Gasteiger partial charge >= 0.3 is 5.97 Å². The third kappa shape index (κ3) is 14.3. The Labute approximate surface area is 387 Å². The van der Waals surface area contributed by atoms with E-state index in [1.165, 1.54) is 12.0 Å². The van der Waals surface area contributed by atoms with E-state index in [1.54, 1.807) is 41.1 Å². The molecular formula is C51H79NO13. The molecule has 15 atom stereocenters. The van der Waals surface area contributed by atoms with Crippen LogP contribution in [-0.4, -0.2) is 132 Å². The number of amides is 1. The molecule has 2 saturated heterocycles. The van der Waals surface area contributed by atoms with Gasteiger partial charge in [-0.15, -0.1) is 0 Å². The Bertz CT molecular complexity index is 1760. The minimum absolute atomic E-state index is 0.0193. The van der Waals surface area contributed by atoms with Crippen molar-refractivity contribution in [2.45, 2.75) is 180 Å². The number of cyclic esters (lactones) is 1. The first-order valence-electron chi connectivity index (χ1n) is 23.9. The highest BCUT2D eigenvalue weighted by Gasteiger charge is 2.53. The van der Waals surface area contributed by atoms with Crippen LogP contribution in [0.25, 0.3) is 0 Å². The number of aliphatic hydroxyl groups excluding tert-OH is 2. The van der Waals surface area contributed by atoms with Crippen LogP contribution in [0.5, 0.6) is 0 Å². The number of hydrogen-bond acceptors (Lipinski definition) is 13. The minimum atomic E-state index is -2.43. The van der Waals surface area contributed by atoms with Crippen molar-refractivity contribution < 1.29 is 63.0 Å². The summed E-state index contributed by atoms with van der Waals surface area (Å²) < 4.78 is 29.4. The van der Waals surface area contributed by atoms with E-state index in [0.29, 0.717) is 63.4 Å². The van der Waals surface area contributed by atoms with Gasteiger partial charge in [-0.25, -0.2) is 4.79 Å². The average molecular weight is 914 g/mol. The quantitative estimate of drug-likeness (QED) is 0.156. The van der Waals surface area contributed by atoms with Gasteiger partial charge in [-0.05, 0) is 107 Å². The number of carbonyl (C=O) groups excluding carboxylic acids is 5. The first kappa shape index (κ1) is 54.2. The van der Waals surface area contributed by atoms with Gasteiger partial charge in [-0.1, -0.05) is 71.1 Å². The third-order valence-corrected chi connectivity index (χ3v) is 14.5. The molecule has 14 heteroatoms. The van der Waals surface area contributed by atoms with Crippen LogP contribution in [0.2, 0.25) is 0 Å². The summed E-state index contributed by atoms with van der Waals surface area (Å²) in [4.78, 5) is 71.8. The van der Waals surface area contributed by atoms with Crippen LogP contribution in [0.15, 0.2) is 47.6 Å². The number of methoxy groups -OCH3 is 3. The Hall–Kier alpha value is -3.37. The first-order chi connectivity index (χ1) is 30.7. The van der Waals surface area contributed by atoms with Crippen LogP contribution in [0, 0.1) is 35.5 Å².